The second-order valence-corrected chi connectivity index (χ2v) is 7.63. The van der Waals surface area contributed by atoms with E-state index in [1.165, 1.54) is 18.3 Å². The molecule has 0 spiro atoms. The molecule has 3 aromatic rings. The van der Waals surface area contributed by atoms with Gasteiger partial charge in [-0.1, -0.05) is 53.8 Å². The van der Waals surface area contributed by atoms with Crippen molar-refractivity contribution in [3.8, 4) is 5.75 Å². The van der Waals surface area contributed by atoms with Crippen LogP contribution in [0.2, 0.25) is 0 Å². The molecule has 0 bridgehead atoms. The number of amides is 1. The summed E-state index contributed by atoms with van der Waals surface area (Å²) in [7, 11) is 0. The Labute approximate surface area is 179 Å². The van der Waals surface area contributed by atoms with E-state index in [0.29, 0.717) is 41.0 Å². The molecule has 1 amide bonds. The SMILES string of the molecule is CC(=O)NCCCNc1nc(N)c(C(=O)c2cccc(OCc3ccccc3)c2)s1. The lowest BCUT2D eigenvalue weighted by molar-refractivity contribution is -0.118. The number of ether oxygens (including phenoxy) is 1. The molecule has 1 heterocycles. The first-order valence-electron chi connectivity index (χ1n) is 9.59. The summed E-state index contributed by atoms with van der Waals surface area (Å²) in [6.07, 6.45) is 0.739. The highest BCUT2D eigenvalue weighted by Gasteiger charge is 2.18. The van der Waals surface area contributed by atoms with Crippen molar-refractivity contribution in [2.24, 2.45) is 0 Å². The first kappa shape index (κ1) is 21.3. The van der Waals surface area contributed by atoms with Crippen LogP contribution < -0.4 is 21.1 Å². The number of hydrogen-bond donors (Lipinski definition) is 3. The highest BCUT2D eigenvalue weighted by atomic mass is 32.1. The van der Waals surface area contributed by atoms with E-state index < -0.39 is 0 Å². The molecule has 0 aliphatic carbocycles. The molecule has 0 radical (unpaired) electrons. The molecule has 0 unspecified atom stereocenters. The standard InChI is InChI=1S/C22H24N4O3S/c1-15(27)24-11-6-12-25-22-26-21(23)20(30-22)19(28)17-9-5-10-18(13-17)29-14-16-7-3-2-4-8-16/h2-5,7-10,13H,6,11-12,14,23H2,1H3,(H,24,27)(H,25,26). The number of hydrogen-bond acceptors (Lipinski definition) is 7. The third-order valence-corrected chi connectivity index (χ3v) is 5.24. The van der Waals surface area contributed by atoms with E-state index in [9.17, 15) is 9.59 Å². The number of nitrogens with zero attached hydrogens (tertiary/aromatic N) is 1. The largest absolute Gasteiger partial charge is 0.489 e. The van der Waals surface area contributed by atoms with Gasteiger partial charge in [0.15, 0.2) is 5.13 Å². The summed E-state index contributed by atoms with van der Waals surface area (Å²) in [6, 6.07) is 16.9. The Morgan fingerprint density at radius 3 is 2.67 bits per heavy atom. The molecule has 1 aromatic heterocycles. The fourth-order valence-corrected chi connectivity index (χ4v) is 3.59. The Hall–Kier alpha value is -3.39. The van der Waals surface area contributed by atoms with Gasteiger partial charge in [-0.2, -0.15) is 0 Å². The summed E-state index contributed by atoms with van der Waals surface area (Å²) in [4.78, 5) is 28.4. The number of anilines is 2. The van der Waals surface area contributed by atoms with Crippen LogP contribution in [0.5, 0.6) is 5.75 Å². The zero-order valence-electron chi connectivity index (χ0n) is 16.7. The van der Waals surface area contributed by atoms with E-state index in [1.807, 2.05) is 36.4 Å². The highest BCUT2D eigenvalue weighted by molar-refractivity contribution is 7.18. The van der Waals surface area contributed by atoms with E-state index in [2.05, 4.69) is 15.6 Å². The molecule has 0 aliphatic rings. The zero-order chi connectivity index (χ0) is 21.3. The number of rotatable bonds is 10. The average Bonchev–Trinajstić information content (AvgIpc) is 3.12. The van der Waals surface area contributed by atoms with Gasteiger partial charge < -0.3 is 21.1 Å². The fourth-order valence-electron chi connectivity index (χ4n) is 2.72. The minimum absolute atomic E-state index is 0.0589. The number of carbonyl (C=O) groups is 2. The number of carbonyl (C=O) groups excluding carboxylic acids is 2. The molecule has 2 aromatic carbocycles. The molecule has 0 saturated carbocycles. The van der Waals surface area contributed by atoms with Crippen LogP contribution in [0.1, 0.15) is 34.1 Å². The van der Waals surface area contributed by atoms with E-state index in [1.54, 1.807) is 18.2 Å². The topological polar surface area (TPSA) is 106 Å². The smallest absolute Gasteiger partial charge is 0.216 e. The van der Waals surface area contributed by atoms with Gasteiger partial charge in [0, 0.05) is 25.6 Å². The monoisotopic (exact) mass is 424 g/mol. The second-order valence-electron chi connectivity index (χ2n) is 6.63. The molecule has 8 heteroatoms. The van der Waals surface area contributed by atoms with Gasteiger partial charge in [-0.15, -0.1) is 0 Å². The van der Waals surface area contributed by atoms with Crippen LogP contribution in [0.25, 0.3) is 0 Å². The van der Waals surface area contributed by atoms with Crippen LogP contribution in [-0.2, 0) is 11.4 Å². The molecule has 0 atom stereocenters. The van der Waals surface area contributed by atoms with Gasteiger partial charge >= 0.3 is 0 Å². The predicted octanol–water partition coefficient (Wildman–Crippen LogP) is 3.47. The Balaban J connectivity index is 1.60. The maximum atomic E-state index is 12.9. The summed E-state index contributed by atoms with van der Waals surface area (Å²) < 4.78 is 5.81. The van der Waals surface area contributed by atoms with Crippen LogP contribution in [0, 0.1) is 0 Å². The number of nitrogen functional groups attached to an aromatic ring is 1. The number of nitrogens with one attached hydrogen (secondary N) is 2. The number of nitrogens with two attached hydrogens (primary N) is 1. The van der Waals surface area contributed by atoms with Gasteiger partial charge in [0.05, 0.1) is 0 Å². The van der Waals surface area contributed by atoms with E-state index >= 15 is 0 Å². The molecule has 0 fully saturated rings. The van der Waals surface area contributed by atoms with E-state index in [4.69, 9.17) is 10.5 Å². The van der Waals surface area contributed by atoms with Crippen molar-refractivity contribution in [3.05, 3.63) is 70.6 Å². The normalized spacial score (nSPS) is 10.4. The van der Waals surface area contributed by atoms with Gasteiger partial charge in [-0.05, 0) is 24.1 Å². The zero-order valence-corrected chi connectivity index (χ0v) is 17.5. The van der Waals surface area contributed by atoms with E-state index in [0.717, 1.165) is 12.0 Å². The maximum Gasteiger partial charge on any atom is 0.216 e. The van der Waals surface area contributed by atoms with Crippen LogP contribution in [0.4, 0.5) is 10.9 Å². The summed E-state index contributed by atoms with van der Waals surface area (Å²) in [6.45, 7) is 3.09. The van der Waals surface area contributed by atoms with Crippen LogP contribution in [0.3, 0.4) is 0 Å². The molecule has 30 heavy (non-hydrogen) atoms. The molecule has 3 rings (SSSR count). The maximum absolute atomic E-state index is 12.9. The van der Waals surface area contributed by atoms with Gasteiger partial charge in [0.2, 0.25) is 11.7 Å². The highest BCUT2D eigenvalue weighted by Crippen LogP contribution is 2.28. The van der Waals surface area contributed by atoms with Crippen LogP contribution >= 0.6 is 11.3 Å². The molecule has 156 valence electrons. The average molecular weight is 425 g/mol. The van der Waals surface area contributed by atoms with Gasteiger partial charge in [0.1, 0.15) is 23.1 Å². The number of ketones is 1. The molecular formula is C22H24N4O3S. The molecule has 4 N–H and O–H groups in total. The van der Waals surface area contributed by atoms with Crippen LogP contribution in [0.15, 0.2) is 54.6 Å². The minimum Gasteiger partial charge on any atom is -0.489 e. The lowest BCUT2D eigenvalue weighted by Gasteiger charge is -2.07. The first-order chi connectivity index (χ1) is 14.5. The Morgan fingerprint density at radius 2 is 1.90 bits per heavy atom. The molecule has 0 saturated heterocycles. The second kappa shape index (κ2) is 10.4. The van der Waals surface area contributed by atoms with Crippen LogP contribution in [-0.4, -0.2) is 29.8 Å². The first-order valence-corrected chi connectivity index (χ1v) is 10.4. The summed E-state index contributed by atoms with van der Waals surface area (Å²) in [5, 5.41) is 6.44. The summed E-state index contributed by atoms with van der Waals surface area (Å²) in [5.74, 6) is 0.562. The van der Waals surface area contributed by atoms with Crippen molar-refractivity contribution in [1.82, 2.24) is 10.3 Å². The van der Waals surface area contributed by atoms with Crippen molar-refractivity contribution in [3.63, 3.8) is 0 Å². The Morgan fingerprint density at radius 1 is 1.10 bits per heavy atom. The fraction of sp³-hybridized carbons (Fsp3) is 0.227. The predicted molar refractivity (Wildman–Crippen MR) is 119 cm³/mol. The molecule has 7 nitrogen and oxygen atoms in total. The van der Waals surface area contributed by atoms with Gasteiger partial charge in [-0.3, -0.25) is 9.59 Å². The Kier molecular flexibility index (Phi) is 7.40. The van der Waals surface area contributed by atoms with Crippen molar-refractivity contribution < 1.29 is 14.3 Å². The summed E-state index contributed by atoms with van der Waals surface area (Å²) in [5.41, 5.74) is 7.52. The molecular weight excluding hydrogens is 400 g/mol. The Bertz CT molecular complexity index is 1000. The quantitative estimate of drug-likeness (QED) is 0.340. The third-order valence-electron chi connectivity index (χ3n) is 4.21. The number of benzene rings is 2. The van der Waals surface area contributed by atoms with Crippen molar-refractivity contribution in [2.45, 2.75) is 20.0 Å². The lowest BCUT2D eigenvalue weighted by atomic mass is 10.1. The van der Waals surface area contributed by atoms with Gasteiger partial charge in [0.25, 0.3) is 0 Å². The van der Waals surface area contributed by atoms with Crippen molar-refractivity contribution >= 4 is 34.0 Å². The minimum atomic E-state index is -0.193. The van der Waals surface area contributed by atoms with Crippen molar-refractivity contribution in [2.75, 3.05) is 24.1 Å². The lowest BCUT2D eigenvalue weighted by Crippen LogP contribution is -2.22. The number of thiazole rings is 1. The van der Waals surface area contributed by atoms with Crippen molar-refractivity contribution in [1.29, 1.82) is 0 Å². The number of aromatic nitrogens is 1. The third kappa shape index (κ3) is 6.05. The summed E-state index contributed by atoms with van der Waals surface area (Å²) >= 11 is 1.22. The molecule has 0 aliphatic heterocycles. The van der Waals surface area contributed by atoms with Gasteiger partial charge in [-0.25, -0.2) is 4.98 Å². The van der Waals surface area contributed by atoms with E-state index in [-0.39, 0.29) is 17.5 Å².